The molecule has 130 valence electrons. The van der Waals surface area contributed by atoms with Crippen LogP contribution in [0.1, 0.15) is 30.6 Å². The fourth-order valence-corrected chi connectivity index (χ4v) is 2.72. The lowest BCUT2D eigenvalue weighted by Crippen LogP contribution is -2.45. The topological polar surface area (TPSA) is 105 Å². The Balaban J connectivity index is 2.29. The number of hydrogen-bond donors (Lipinski definition) is 3. The van der Waals surface area contributed by atoms with Crippen molar-refractivity contribution in [3.8, 4) is 0 Å². The molecular weight excluding hydrogens is 308 g/mol. The van der Waals surface area contributed by atoms with Gasteiger partial charge in [0.25, 0.3) is 5.91 Å². The Bertz CT molecular complexity index is 644. The second kappa shape index (κ2) is 7.44. The highest BCUT2D eigenvalue weighted by molar-refractivity contribution is 6.05. The highest BCUT2D eigenvalue weighted by atomic mass is 16.2. The van der Waals surface area contributed by atoms with Gasteiger partial charge in [-0.1, -0.05) is 26.0 Å². The minimum atomic E-state index is -0.591. The van der Waals surface area contributed by atoms with Gasteiger partial charge in [-0.05, 0) is 18.6 Å². The second-order valence-corrected chi connectivity index (χ2v) is 6.27. The molecule has 0 spiro atoms. The maximum Gasteiger partial charge on any atom is 0.256 e. The Kier molecular flexibility index (Phi) is 5.56. The third-order valence-electron chi connectivity index (χ3n) is 4.08. The summed E-state index contributed by atoms with van der Waals surface area (Å²) >= 11 is 0. The number of nitrogens with one attached hydrogen (secondary N) is 2. The van der Waals surface area contributed by atoms with E-state index in [0.29, 0.717) is 24.2 Å². The number of carbonyl (C=O) groups is 3. The molecule has 7 heteroatoms. The van der Waals surface area contributed by atoms with Crippen LogP contribution < -0.4 is 16.4 Å². The maximum atomic E-state index is 12.9. The third kappa shape index (κ3) is 3.73. The molecule has 0 aromatic heterocycles. The number of para-hydroxylation sites is 1. The van der Waals surface area contributed by atoms with Crippen LogP contribution in [0.2, 0.25) is 0 Å². The molecule has 2 rings (SSSR count). The summed E-state index contributed by atoms with van der Waals surface area (Å²) in [5.74, 6) is -0.917. The lowest BCUT2D eigenvalue weighted by atomic mass is 10.1. The van der Waals surface area contributed by atoms with Gasteiger partial charge >= 0.3 is 0 Å². The number of rotatable bonds is 4. The molecule has 24 heavy (non-hydrogen) atoms. The van der Waals surface area contributed by atoms with Crippen molar-refractivity contribution in [3.63, 3.8) is 0 Å². The predicted molar refractivity (Wildman–Crippen MR) is 91.4 cm³/mol. The fraction of sp³-hybridized carbons (Fsp3) is 0.471. The summed E-state index contributed by atoms with van der Waals surface area (Å²) < 4.78 is 0. The van der Waals surface area contributed by atoms with E-state index in [0.717, 1.165) is 0 Å². The number of carbonyl (C=O) groups excluding carboxylic acids is 3. The van der Waals surface area contributed by atoms with Gasteiger partial charge in [-0.25, -0.2) is 0 Å². The molecule has 1 heterocycles. The van der Waals surface area contributed by atoms with E-state index in [-0.39, 0.29) is 29.7 Å². The van der Waals surface area contributed by atoms with Gasteiger partial charge < -0.3 is 21.3 Å². The highest BCUT2D eigenvalue weighted by Crippen LogP contribution is 2.24. The van der Waals surface area contributed by atoms with Gasteiger partial charge in [0.1, 0.15) is 6.04 Å². The smallest absolute Gasteiger partial charge is 0.256 e. The van der Waals surface area contributed by atoms with Crippen molar-refractivity contribution >= 4 is 23.4 Å². The van der Waals surface area contributed by atoms with Gasteiger partial charge in [-0.15, -0.1) is 0 Å². The molecule has 1 aromatic carbocycles. The standard InChI is InChI=1S/C17H24N4O3/c1-10(2)15(22)20-13-7-5-4-6-12(13)17(24)21-9-11(18)8-14(21)16(23)19-3/h4-7,10-11,14H,8-9,18H2,1-3H3,(H,19,23)(H,20,22). The number of anilines is 1. The number of benzene rings is 1. The molecule has 0 aliphatic carbocycles. The normalized spacial score (nSPS) is 20.1. The maximum absolute atomic E-state index is 12.9. The summed E-state index contributed by atoms with van der Waals surface area (Å²) in [7, 11) is 1.53. The molecule has 0 radical (unpaired) electrons. The summed E-state index contributed by atoms with van der Waals surface area (Å²) in [6.45, 7) is 3.87. The first kappa shape index (κ1) is 17.9. The van der Waals surface area contributed by atoms with Crippen LogP contribution in [0.4, 0.5) is 5.69 Å². The molecule has 4 N–H and O–H groups in total. The van der Waals surface area contributed by atoms with Gasteiger partial charge in [0, 0.05) is 25.6 Å². The van der Waals surface area contributed by atoms with E-state index in [1.165, 1.54) is 11.9 Å². The van der Waals surface area contributed by atoms with Gasteiger partial charge in [0.15, 0.2) is 0 Å². The Morgan fingerprint density at radius 2 is 1.92 bits per heavy atom. The largest absolute Gasteiger partial charge is 0.357 e. The SMILES string of the molecule is CNC(=O)C1CC(N)CN1C(=O)c1ccccc1NC(=O)C(C)C. The van der Waals surface area contributed by atoms with Gasteiger partial charge in [0.2, 0.25) is 11.8 Å². The second-order valence-electron chi connectivity index (χ2n) is 6.27. The van der Waals surface area contributed by atoms with E-state index < -0.39 is 6.04 Å². The first-order chi connectivity index (χ1) is 11.3. The molecule has 0 saturated carbocycles. The van der Waals surface area contributed by atoms with Crippen molar-refractivity contribution in [1.82, 2.24) is 10.2 Å². The summed E-state index contributed by atoms with van der Waals surface area (Å²) in [6, 6.07) is 5.96. The monoisotopic (exact) mass is 332 g/mol. The van der Waals surface area contributed by atoms with E-state index in [4.69, 9.17) is 5.73 Å². The van der Waals surface area contributed by atoms with E-state index in [1.807, 2.05) is 0 Å². The van der Waals surface area contributed by atoms with Gasteiger partial charge in [-0.2, -0.15) is 0 Å². The molecule has 0 bridgehead atoms. The highest BCUT2D eigenvalue weighted by Gasteiger charge is 2.38. The van der Waals surface area contributed by atoms with Crippen LogP contribution >= 0.6 is 0 Å². The lowest BCUT2D eigenvalue weighted by molar-refractivity contribution is -0.124. The zero-order valence-electron chi connectivity index (χ0n) is 14.2. The molecule has 2 atom stereocenters. The molecular formula is C17H24N4O3. The summed E-state index contributed by atoms with van der Waals surface area (Å²) in [5, 5.41) is 5.33. The third-order valence-corrected chi connectivity index (χ3v) is 4.08. The molecule has 1 aliphatic rings. The average molecular weight is 332 g/mol. The zero-order chi connectivity index (χ0) is 17.9. The number of likely N-dealkylation sites (N-methyl/N-ethyl adjacent to an activating group) is 1. The van der Waals surface area contributed by atoms with Crippen LogP contribution in [0, 0.1) is 5.92 Å². The van der Waals surface area contributed by atoms with Crippen molar-refractivity contribution in [2.45, 2.75) is 32.4 Å². The van der Waals surface area contributed by atoms with Crippen LogP contribution in [0.3, 0.4) is 0 Å². The van der Waals surface area contributed by atoms with Crippen molar-refractivity contribution < 1.29 is 14.4 Å². The Hall–Kier alpha value is -2.41. The number of hydrogen-bond acceptors (Lipinski definition) is 4. The Labute approximate surface area is 141 Å². The molecule has 1 aromatic rings. The first-order valence-corrected chi connectivity index (χ1v) is 8.03. The Morgan fingerprint density at radius 3 is 2.54 bits per heavy atom. The summed E-state index contributed by atoms with van der Waals surface area (Å²) in [6.07, 6.45) is 0.423. The van der Waals surface area contributed by atoms with Crippen molar-refractivity contribution in [1.29, 1.82) is 0 Å². The Morgan fingerprint density at radius 1 is 1.25 bits per heavy atom. The molecule has 7 nitrogen and oxygen atoms in total. The van der Waals surface area contributed by atoms with Crippen molar-refractivity contribution in [2.75, 3.05) is 18.9 Å². The molecule has 3 amide bonds. The first-order valence-electron chi connectivity index (χ1n) is 8.03. The van der Waals surface area contributed by atoms with Crippen LogP contribution in [0.5, 0.6) is 0 Å². The molecule has 2 unspecified atom stereocenters. The van der Waals surface area contributed by atoms with Crippen molar-refractivity contribution in [2.24, 2.45) is 11.7 Å². The number of likely N-dealkylation sites (tertiary alicyclic amines) is 1. The molecule has 1 saturated heterocycles. The van der Waals surface area contributed by atoms with E-state index in [1.54, 1.807) is 38.1 Å². The fourth-order valence-electron chi connectivity index (χ4n) is 2.72. The average Bonchev–Trinajstić information content (AvgIpc) is 2.95. The molecule has 1 aliphatic heterocycles. The van der Waals surface area contributed by atoms with E-state index >= 15 is 0 Å². The van der Waals surface area contributed by atoms with Gasteiger partial charge in [-0.3, -0.25) is 14.4 Å². The quantitative estimate of drug-likeness (QED) is 0.749. The minimum Gasteiger partial charge on any atom is -0.357 e. The number of nitrogens with two attached hydrogens (primary N) is 1. The molecule has 1 fully saturated rings. The van der Waals surface area contributed by atoms with E-state index in [9.17, 15) is 14.4 Å². The van der Waals surface area contributed by atoms with Gasteiger partial charge in [0.05, 0.1) is 11.3 Å². The zero-order valence-corrected chi connectivity index (χ0v) is 14.2. The van der Waals surface area contributed by atoms with Crippen molar-refractivity contribution in [3.05, 3.63) is 29.8 Å². The summed E-state index contributed by atoms with van der Waals surface area (Å²) in [4.78, 5) is 38.4. The minimum absolute atomic E-state index is 0.170. The van der Waals surface area contributed by atoms with E-state index in [2.05, 4.69) is 10.6 Å². The van der Waals surface area contributed by atoms with Crippen LogP contribution in [0.15, 0.2) is 24.3 Å². The number of nitrogens with zero attached hydrogens (tertiary/aromatic N) is 1. The van der Waals surface area contributed by atoms with Crippen LogP contribution in [-0.2, 0) is 9.59 Å². The number of amides is 3. The van der Waals surface area contributed by atoms with Crippen LogP contribution in [0.25, 0.3) is 0 Å². The van der Waals surface area contributed by atoms with Crippen LogP contribution in [-0.4, -0.2) is 48.3 Å². The summed E-state index contributed by atoms with van der Waals surface area (Å²) in [5.41, 5.74) is 6.74. The lowest BCUT2D eigenvalue weighted by Gasteiger charge is -2.24. The predicted octanol–water partition coefficient (Wildman–Crippen LogP) is 0.569.